The zero-order valence-corrected chi connectivity index (χ0v) is 15.5. The van der Waals surface area contributed by atoms with Crippen LogP contribution in [0.2, 0.25) is 0 Å². The molecule has 25 heavy (non-hydrogen) atoms. The normalized spacial score (nSPS) is 11.0. The molecule has 2 amide bonds. The molecule has 0 bridgehead atoms. The van der Waals surface area contributed by atoms with Crippen LogP contribution in [-0.4, -0.2) is 40.9 Å². The van der Waals surface area contributed by atoms with Crippen LogP contribution in [0.5, 0.6) is 0 Å². The third kappa shape index (κ3) is 4.81. The van der Waals surface area contributed by atoms with Gasteiger partial charge in [0.15, 0.2) is 0 Å². The Kier molecular flexibility index (Phi) is 7.61. The number of aliphatic carboxylic acids is 1. The van der Waals surface area contributed by atoms with Crippen molar-refractivity contribution in [2.24, 2.45) is 5.41 Å². The average molecular weight is 348 g/mol. The summed E-state index contributed by atoms with van der Waals surface area (Å²) in [5.74, 6) is -1.53. The molecule has 0 radical (unpaired) electrons. The standard InChI is InChI=1S/C19H28N2O4/c1-5-19(6-2,18(24)25)13-16(22)20-15-12-10-9-11-14(15)17(23)21(7-3)8-4/h9-12H,5-8,13H2,1-4H3,(H,20,22)(H,24,25). The third-order valence-electron chi connectivity index (χ3n) is 4.79. The van der Waals surface area contributed by atoms with Gasteiger partial charge in [-0.25, -0.2) is 0 Å². The van der Waals surface area contributed by atoms with Crippen LogP contribution in [0, 0.1) is 5.41 Å². The summed E-state index contributed by atoms with van der Waals surface area (Å²) in [7, 11) is 0. The lowest BCUT2D eigenvalue weighted by Crippen LogP contribution is -2.35. The van der Waals surface area contributed by atoms with Gasteiger partial charge < -0.3 is 15.3 Å². The zero-order valence-electron chi connectivity index (χ0n) is 15.5. The fourth-order valence-electron chi connectivity index (χ4n) is 2.84. The number of amides is 2. The highest BCUT2D eigenvalue weighted by atomic mass is 16.4. The molecular formula is C19H28N2O4. The molecule has 0 heterocycles. The van der Waals surface area contributed by atoms with E-state index in [0.29, 0.717) is 37.2 Å². The minimum atomic E-state index is -1.08. The van der Waals surface area contributed by atoms with Gasteiger partial charge in [-0.1, -0.05) is 26.0 Å². The van der Waals surface area contributed by atoms with Crippen molar-refractivity contribution < 1.29 is 19.5 Å². The second-order valence-electron chi connectivity index (χ2n) is 6.04. The lowest BCUT2D eigenvalue weighted by molar-refractivity contribution is -0.151. The van der Waals surface area contributed by atoms with E-state index in [9.17, 15) is 19.5 Å². The Bertz CT molecular complexity index is 620. The summed E-state index contributed by atoms with van der Waals surface area (Å²) < 4.78 is 0. The molecule has 1 aromatic rings. The van der Waals surface area contributed by atoms with Crippen molar-refractivity contribution >= 4 is 23.5 Å². The van der Waals surface area contributed by atoms with Crippen molar-refractivity contribution in [3.63, 3.8) is 0 Å². The van der Waals surface area contributed by atoms with Crippen LogP contribution in [0.15, 0.2) is 24.3 Å². The number of hydrogen-bond donors (Lipinski definition) is 2. The Hall–Kier alpha value is -2.37. The topological polar surface area (TPSA) is 86.7 Å². The van der Waals surface area contributed by atoms with Crippen molar-refractivity contribution in [3.8, 4) is 0 Å². The molecule has 0 spiro atoms. The van der Waals surface area contributed by atoms with Gasteiger partial charge in [-0.3, -0.25) is 14.4 Å². The van der Waals surface area contributed by atoms with Gasteiger partial charge in [0.2, 0.25) is 5.91 Å². The number of para-hydroxylation sites is 1. The van der Waals surface area contributed by atoms with Crippen molar-refractivity contribution in [1.29, 1.82) is 0 Å². The summed E-state index contributed by atoms with van der Waals surface area (Å²) in [4.78, 5) is 38.3. The molecule has 0 aliphatic carbocycles. The highest BCUT2D eigenvalue weighted by Gasteiger charge is 2.37. The number of rotatable bonds is 9. The molecule has 1 rings (SSSR count). The number of carboxylic acids is 1. The Balaban J connectivity index is 3.02. The van der Waals surface area contributed by atoms with Crippen LogP contribution in [0.4, 0.5) is 5.69 Å². The molecule has 0 aliphatic rings. The van der Waals surface area contributed by atoms with Gasteiger partial charge in [-0.05, 0) is 38.8 Å². The molecule has 6 nitrogen and oxygen atoms in total. The molecule has 2 N–H and O–H groups in total. The quantitative estimate of drug-likeness (QED) is 0.716. The van der Waals surface area contributed by atoms with Crippen molar-refractivity contribution in [3.05, 3.63) is 29.8 Å². The SMILES string of the molecule is CCN(CC)C(=O)c1ccccc1NC(=O)CC(CC)(CC)C(=O)O. The molecule has 0 aromatic heterocycles. The Morgan fingerprint density at radius 3 is 2.08 bits per heavy atom. The number of nitrogens with one attached hydrogen (secondary N) is 1. The lowest BCUT2D eigenvalue weighted by Gasteiger charge is -2.26. The second-order valence-corrected chi connectivity index (χ2v) is 6.04. The monoisotopic (exact) mass is 348 g/mol. The van der Waals surface area contributed by atoms with E-state index in [1.165, 1.54) is 0 Å². The molecular weight excluding hydrogens is 320 g/mol. The summed E-state index contributed by atoms with van der Waals surface area (Å²) in [6.07, 6.45) is 0.613. The molecule has 0 fully saturated rings. The van der Waals surface area contributed by atoms with E-state index >= 15 is 0 Å². The van der Waals surface area contributed by atoms with Crippen molar-refractivity contribution in [1.82, 2.24) is 4.90 Å². The largest absolute Gasteiger partial charge is 0.481 e. The van der Waals surface area contributed by atoms with Crippen LogP contribution < -0.4 is 5.32 Å². The summed E-state index contributed by atoms with van der Waals surface area (Å²) in [6, 6.07) is 6.81. The Morgan fingerprint density at radius 1 is 1.04 bits per heavy atom. The van der Waals surface area contributed by atoms with Gasteiger partial charge in [0.1, 0.15) is 0 Å². The molecule has 6 heteroatoms. The summed E-state index contributed by atoms with van der Waals surface area (Å²) in [5, 5.41) is 12.2. The number of nitrogens with zero attached hydrogens (tertiary/aromatic N) is 1. The van der Waals surface area contributed by atoms with E-state index in [1.54, 1.807) is 43.0 Å². The highest BCUT2D eigenvalue weighted by Crippen LogP contribution is 2.31. The van der Waals surface area contributed by atoms with Gasteiger partial charge in [-0.15, -0.1) is 0 Å². The van der Waals surface area contributed by atoms with E-state index in [0.717, 1.165) is 0 Å². The van der Waals surface area contributed by atoms with E-state index in [1.807, 2.05) is 13.8 Å². The number of anilines is 1. The maximum atomic E-state index is 12.6. The first-order valence-electron chi connectivity index (χ1n) is 8.76. The summed E-state index contributed by atoms with van der Waals surface area (Å²) in [6.45, 7) is 8.47. The lowest BCUT2D eigenvalue weighted by atomic mass is 9.79. The van der Waals surface area contributed by atoms with E-state index in [2.05, 4.69) is 5.32 Å². The fraction of sp³-hybridized carbons (Fsp3) is 0.526. The first-order chi connectivity index (χ1) is 11.8. The van der Waals surface area contributed by atoms with Crippen LogP contribution in [-0.2, 0) is 9.59 Å². The summed E-state index contributed by atoms with van der Waals surface area (Å²) in [5.41, 5.74) is -0.258. The Morgan fingerprint density at radius 2 is 1.60 bits per heavy atom. The van der Waals surface area contributed by atoms with E-state index in [4.69, 9.17) is 0 Å². The molecule has 1 aromatic carbocycles. The van der Waals surface area contributed by atoms with Crippen LogP contribution in [0.3, 0.4) is 0 Å². The smallest absolute Gasteiger partial charge is 0.310 e. The average Bonchev–Trinajstić information content (AvgIpc) is 2.60. The van der Waals surface area contributed by atoms with Gasteiger partial charge in [-0.2, -0.15) is 0 Å². The third-order valence-corrected chi connectivity index (χ3v) is 4.79. The number of carbonyl (C=O) groups is 3. The minimum Gasteiger partial charge on any atom is -0.481 e. The first kappa shape index (κ1) is 20.7. The van der Waals surface area contributed by atoms with Crippen LogP contribution in [0.25, 0.3) is 0 Å². The van der Waals surface area contributed by atoms with Crippen LogP contribution >= 0.6 is 0 Å². The number of hydrogen-bond acceptors (Lipinski definition) is 3. The molecule has 0 atom stereocenters. The Labute approximate surface area is 149 Å². The van der Waals surface area contributed by atoms with E-state index < -0.39 is 17.3 Å². The summed E-state index contributed by atoms with van der Waals surface area (Å²) >= 11 is 0. The van der Waals surface area contributed by atoms with Gasteiger partial charge in [0.25, 0.3) is 5.91 Å². The predicted molar refractivity (Wildman–Crippen MR) is 97.6 cm³/mol. The highest BCUT2D eigenvalue weighted by molar-refractivity contribution is 6.04. The first-order valence-corrected chi connectivity index (χ1v) is 8.76. The maximum Gasteiger partial charge on any atom is 0.310 e. The molecule has 0 aliphatic heterocycles. The van der Waals surface area contributed by atoms with E-state index in [-0.39, 0.29) is 12.3 Å². The predicted octanol–water partition coefficient (Wildman–Crippen LogP) is 3.39. The molecule has 0 saturated carbocycles. The molecule has 138 valence electrons. The molecule has 0 unspecified atom stereocenters. The second kappa shape index (κ2) is 9.20. The maximum absolute atomic E-state index is 12.6. The van der Waals surface area contributed by atoms with Gasteiger partial charge in [0, 0.05) is 19.5 Å². The van der Waals surface area contributed by atoms with Crippen LogP contribution in [0.1, 0.15) is 57.3 Å². The number of benzene rings is 1. The number of carbonyl (C=O) groups excluding carboxylic acids is 2. The van der Waals surface area contributed by atoms with Crippen molar-refractivity contribution in [2.45, 2.75) is 47.0 Å². The van der Waals surface area contributed by atoms with Gasteiger partial charge in [0.05, 0.1) is 16.7 Å². The fourth-order valence-corrected chi connectivity index (χ4v) is 2.84. The minimum absolute atomic E-state index is 0.122. The zero-order chi connectivity index (χ0) is 19.0. The van der Waals surface area contributed by atoms with Gasteiger partial charge >= 0.3 is 5.97 Å². The molecule has 0 saturated heterocycles. The van der Waals surface area contributed by atoms with Crippen molar-refractivity contribution in [2.75, 3.05) is 18.4 Å². The number of carboxylic acid groups (broad SMARTS) is 1.